The Morgan fingerprint density at radius 3 is 2.71 bits per heavy atom. The molecule has 110 valence electrons. The van der Waals surface area contributed by atoms with Gasteiger partial charge in [-0.1, -0.05) is 12.1 Å². The number of ether oxygens (including phenoxy) is 1. The molecule has 1 heterocycles. The number of anilines is 1. The third-order valence-electron chi connectivity index (χ3n) is 2.62. The van der Waals surface area contributed by atoms with Gasteiger partial charge in [-0.25, -0.2) is 14.6 Å². The van der Waals surface area contributed by atoms with E-state index in [4.69, 9.17) is 10.6 Å². The Balaban J connectivity index is 2.50. The largest absolute Gasteiger partial charge is 0.429 e. The number of aromatic nitrogens is 1. The van der Waals surface area contributed by atoms with E-state index < -0.39 is 28.3 Å². The van der Waals surface area contributed by atoms with Crippen molar-refractivity contribution in [3.05, 3.63) is 51.6 Å². The van der Waals surface area contributed by atoms with E-state index in [9.17, 15) is 18.9 Å². The van der Waals surface area contributed by atoms with Gasteiger partial charge >= 0.3 is 5.69 Å². The monoisotopic (exact) mass is 296 g/mol. The van der Waals surface area contributed by atoms with Crippen LogP contribution in [-0.4, -0.2) is 9.91 Å². The lowest BCUT2D eigenvalue weighted by Gasteiger charge is -2.10. The van der Waals surface area contributed by atoms with Crippen molar-refractivity contribution < 1.29 is 18.4 Å². The Labute approximate surface area is 117 Å². The number of nitro benzene ring substituents is 1. The van der Waals surface area contributed by atoms with Gasteiger partial charge in [0.25, 0.3) is 5.88 Å². The lowest BCUT2D eigenvalue weighted by Crippen LogP contribution is -2.11. The summed E-state index contributed by atoms with van der Waals surface area (Å²) in [6, 6.07) is 4.72. The fourth-order valence-electron chi connectivity index (χ4n) is 1.63. The van der Waals surface area contributed by atoms with Crippen LogP contribution in [0.4, 0.5) is 20.3 Å². The number of benzene rings is 1. The number of hydrazine groups is 1. The molecule has 3 N–H and O–H groups in total. The maximum atomic E-state index is 13.7. The van der Waals surface area contributed by atoms with Gasteiger partial charge in [-0.05, 0) is 12.5 Å². The predicted molar refractivity (Wildman–Crippen MR) is 69.9 cm³/mol. The number of hydrogen-bond donors (Lipinski definition) is 2. The summed E-state index contributed by atoms with van der Waals surface area (Å²) in [6.45, 7) is 1.55. The van der Waals surface area contributed by atoms with E-state index in [-0.39, 0.29) is 11.4 Å². The fourth-order valence-corrected chi connectivity index (χ4v) is 1.63. The summed E-state index contributed by atoms with van der Waals surface area (Å²) in [6.07, 6.45) is 0. The summed E-state index contributed by atoms with van der Waals surface area (Å²) >= 11 is 0. The summed E-state index contributed by atoms with van der Waals surface area (Å²) in [5.74, 6) is 1.67. The van der Waals surface area contributed by atoms with E-state index in [2.05, 4.69) is 4.98 Å². The molecule has 2 rings (SSSR count). The van der Waals surface area contributed by atoms with Crippen LogP contribution in [0, 0.1) is 28.7 Å². The van der Waals surface area contributed by atoms with E-state index in [1.165, 1.54) is 12.1 Å². The molecule has 0 saturated heterocycles. The molecule has 21 heavy (non-hydrogen) atoms. The minimum atomic E-state index is -1.11. The molecule has 0 fully saturated rings. The summed E-state index contributed by atoms with van der Waals surface area (Å²) in [5.41, 5.74) is 1.98. The van der Waals surface area contributed by atoms with Crippen molar-refractivity contribution in [1.29, 1.82) is 0 Å². The molecule has 1 aromatic carbocycles. The fraction of sp³-hybridized carbons (Fsp3) is 0.0833. The Morgan fingerprint density at radius 2 is 2.10 bits per heavy atom. The van der Waals surface area contributed by atoms with Crippen LogP contribution in [0.15, 0.2) is 24.3 Å². The Kier molecular flexibility index (Phi) is 3.94. The normalized spacial score (nSPS) is 10.3. The zero-order chi connectivity index (χ0) is 15.6. The molecule has 0 aliphatic carbocycles. The minimum Gasteiger partial charge on any atom is -0.429 e. The molecule has 0 radical (unpaired) electrons. The maximum Gasteiger partial charge on any atom is 0.311 e. The second kappa shape index (κ2) is 5.67. The van der Waals surface area contributed by atoms with Gasteiger partial charge in [0.15, 0.2) is 17.5 Å². The second-order valence-electron chi connectivity index (χ2n) is 4.03. The van der Waals surface area contributed by atoms with E-state index in [0.29, 0.717) is 11.6 Å². The zero-order valence-electron chi connectivity index (χ0n) is 10.8. The van der Waals surface area contributed by atoms with Crippen molar-refractivity contribution in [1.82, 2.24) is 4.98 Å². The molecule has 0 atom stereocenters. The first-order valence-corrected chi connectivity index (χ1v) is 5.68. The number of hydrogen-bond acceptors (Lipinski definition) is 6. The van der Waals surface area contributed by atoms with Gasteiger partial charge in [0.1, 0.15) is 0 Å². The SMILES string of the molecule is Cc1cccc([N+](=O)[O-])c1Oc1nc(NN)c(F)cc1F. The number of nitrogens with two attached hydrogens (primary N) is 1. The second-order valence-corrected chi connectivity index (χ2v) is 4.03. The van der Waals surface area contributed by atoms with E-state index in [1.807, 2.05) is 5.43 Å². The van der Waals surface area contributed by atoms with Gasteiger partial charge in [0, 0.05) is 12.1 Å². The number of pyridine rings is 1. The number of nitro groups is 1. The van der Waals surface area contributed by atoms with Crippen LogP contribution in [0.3, 0.4) is 0 Å². The highest BCUT2D eigenvalue weighted by Gasteiger charge is 2.21. The van der Waals surface area contributed by atoms with Crippen LogP contribution in [0.2, 0.25) is 0 Å². The van der Waals surface area contributed by atoms with Crippen molar-refractivity contribution in [3.63, 3.8) is 0 Å². The van der Waals surface area contributed by atoms with Crippen molar-refractivity contribution in [2.45, 2.75) is 6.92 Å². The lowest BCUT2D eigenvalue weighted by molar-refractivity contribution is -0.385. The molecule has 0 amide bonds. The molecule has 0 saturated carbocycles. The highest BCUT2D eigenvalue weighted by Crippen LogP contribution is 2.35. The van der Waals surface area contributed by atoms with Crippen LogP contribution in [0.5, 0.6) is 11.6 Å². The highest BCUT2D eigenvalue weighted by molar-refractivity contribution is 5.53. The molecule has 9 heteroatoms. The molecule has 0 aliphatic rings. The minimum absolute atomic E-state index is 0.177. The Bertz CT molecular complexity index is 709. The van der Waals surface area contributed by atoms with Crippen molar-refractivity contribution in [2.75, 3.05) is 5.43 Å². The van der Waals surface area contributed by atoms with Crippen LogP contribution in [-0.2, 0) is 0 Å². The maximum absolute atomic E-state index is 13.7. The number of aryl methyl sites for hydroxylation is 1. The summed E-state index contributed by atoms with van der Waals surface area (Å²) < 4.78 is 32.0. The molecular formula is C12H10F2N4O3. The molecule has 0 bridgehead atoms. The summed E-state index contributed by atoms with van der Waals surface area (Å²) in [5, 5.41) is 10.9. The van der Waals surface area contributed by atoms with Gasteiger partial charge in [-0.15, -0.1) is 0 Å². The number of rotatable bonds is 4. The lowest BCUT2D eigenvalue weighted by atomic mass is 10.2. The Hall–Kier alpha value is -2.81. The number of nitrogens with one attached hydrogen (secondary N) is 1. The average molecular weight is 296 g/mol. The van der Waals surface area contributed by atoms with E-state index >= 15 is 0 Å². The number of nitrogens with zero attached hydrogens (tertiary/aromatic N) is 2. The van der Waals surface area contributed by atoms with Gasteiger partial charge in [-0.3, -0.25) is 10.1 Å². The van der Waals surface area contributed by atoms with E-state index in [1.54, 1.807) is 13.0 Å². The van der Waals surface area contributed by atoms with Crippen LogP contribution in [0.25, 0.3) is 0 Å². The third-order valence-corrected chi connectivity index (χ3v) is 2.62. The molecular weight excluding hydrogens is 286 g/mol. The number of nitrogen functional groups attached to an aromatic ring is 1. The average Bonchev–Trinajstić information content (AvgIpc) is 2.43. The predicted octanol–water partition coefficient (Wildman–Crippen LogP) is 2.65. The first-order chi connectivity index (χ1) is 9.93. The van der Waals surface area contributed by atoms with Gasteiger partial charge in [0.05, 0.1) is 4.92 Å². The van der Waals surface area contributed by atoms with Crippen LogP contribution >= 0.6 is 0 Å². The van der Waals surface area contributed by atoms with Crippen molar-refractivity contribution in [2.24, 2.45) is 5.84 Å². The van der Waals surface area contributed by atoms with Crippen molar-refractivity contribution >= 4 is 11.5 Å². The molecule has 2 aromatic rings. The number of para-hydroxylation sites is 1. The molecule has 7 nitrogen and oxygen atoms in total. The molecule has 0 spiro atoms. The first-order valence-electron chi connectivity index (χ1n) is 5.68. The smallest absolute Gasteiger partial charge is 0.311 e. The van der Waals surface area contributed by atoms with Crippen LogP contribution < -0.4 is 16.0 Å². The Morgan fingerprint density at radius 1 is 1.38 bits per heavy atom. The zero-order valence-corrected chi connectivity index (χ0v) is 10.8. The van der Waals surface area contributed by atoms with Gasteiger partial charge < -0.3 is 10.2 Å². The molecule has 0 aliphatic heterocycles. The number of halogens is 2. The summed E-state index contributed by atoms with van der Waals surface area (Å²) in [4.78, 5) is 13.8. The topological polar surface area (TPSA) is 103 Å². The highest BCUT2D eigenvalue weighted by atomic mass is 19.1. The van der Waals surface area contributed by atoms with Crippen molar-refractivity contribution in [3.8, 4) is 11.6 Å². The van der Waals surface area contributed by atoms with Crippen LogP contribution in [0.1, 0.15) is 5.56 Å². The quantitative estimate of drug-likeness (QED) is 0.510. The first kappa shape index (κ1) is 14.6. The van der Waals surface area contributed by atoms with Gasteiger partial charge in [0.2, 0.25) is 5.75 Å². The standard InChI is InChI=1S/C12H10F2N4O3/c1-6-3-2-4-9(18(19)20)10(6)21-12-8(14)5-7(13)11(16-12)17-15/h2-5H,15H2,1H3,(H,16,17). The molecule has 1 aromatic heterocycles. The van der Waals surface area contributed by atoms with Gasteiger partial charge in [-0.2, -0.15) is 4.98 Å². The van der Waals surface area contributed by atoms with E-state index in [0.717, 1.165) is 0 Å². The summed E-state index contributed by atoms with van der Waals surface area (Å²) in [7, 11) is 0. The molecule has 0 unspecified atom stereocenters. The third kappa shape index (κ3) is 2.87.